The first kappa shape index (κ1) is 19.7. The zero-order chi connectivity index (χ0) is 21.3. The highest BCUT2D eigenvalue weighted by molar-refractivity contribution is 5.94. The van der Waals surface area contributed by atoms with Gasteiger partial charge in [-0.15, -0.1) is 0 Å². The number of aliphatic imine (C=N–C) groups is 1. The van der Waals surface area contributed by atoms with E-state index in [1.165, 1.54) is 11.1 Å². The summed E-state index contributed by atoms with van der Waals surface area (Å²) in [5.74, 6) is 2.62. The van der Waals surface area contributed by atoms with Crippen molar-refractivity contribution < 1.29 is 14.3 Å². The van der Waals surface area contributed by atoms with E-state index in [0.29, 0.717) is 26.3 Å². The van der Waals surface area contributed by atoms with Crippen LogP contribution in [0.3, 0.4) is 0 Å². The lowest BCUT2D eigenvalue weighted by Crippen LogP contribution is -2.41. The Morgan fingerprint density at radius 2 is 2.00 bits per heavy atom. The lowest BCUT2D eigenvalue weighted by molar-refractivity contribution is -0.116. The molecule has 2 aromatic carbocycles. The third-order valence-corrected chi connectivity index (χ3v) is 6.34. The quantitative estimate of drug-likeness (QED) is 0.494. The average molecular weight is 421 g/mol. The van der Waals surface area contributed by atoms with Crippen molar-refractivity contribution in [1.82, 2.24) is 10.6 Å². The maximum Gasteiger partial charge on any atom is 0.231 e. The van der Waals surface area contributed by atoms with E-state index in [2.05, 4.69) is 41.1 Å². The van der Waals surface area contributed by atoms with E-state index in [1.807, 2.05) is 24.3 Å². The Labute approximate surface area is 182 Å². The number of hydrogen-bond donors (Lipinski definition) is 3. The fourth-order valence-corrected chi connectivity index (χ4v) is 4.39. The number of carbonyl (C=O) groups is 1. The Kier molecular flexibility index (Phi) is 5.18. The summed E-state index contributed by atoms with van der Waals surface area (Å²) >= 11 is 0. The Morgan fingerprint density at radius 1 is 1.16 bits per heavy atom. The average Bonchev–Trinajstić information content (AvgIpc) is 3.43. The van der Waals surface area contributed by atoms with E-state index in [0.717, 1.165) is 42.5 Å². The van der Waals surface area contributed by atoms with Crippen molar-refractivity contribution in [3.63, 3.8) is 0 Å². The summed E-state index contributed by atoms with van der Waals surface area (Å²) in [6.45, 7) is 4.51. The van der Waals surface area contributed by atoms with Crippen LogP contribution >= 0.6 is 0 Å². The Balaban J connectivity index is 1.27. The van der Waals surface area contributed by atoms with Gasteiger partial charge in [-0.3, -0.25) is 9.79 Å². The van der Waals surface area contributed by atoms with E-state index >= 15 is 0 Å². The monoisotopic (exact) mass is 420 g/mol. The number of amides is 1. The van der Waals surface area contributed by atoms with Gasteiger partial charge >= 0.3 is 0 Å². The van der Waals surface area contributed by atoms with Crippen molar-refractivity contribution in [3.8, 4) is 11.5 Å². The number of fused-ring (bicyclic) bond motifs is 2. The van der Waals surface area contributed by atoms with E-state index < -0.39 is 0 Å². The Morgan fingerprint density at radius 3 is 2.84 bits per heavy atom. The predicted molar refractivity (Wildman–Crippen MR) is 120 cm³/mol. The van der Waals surface area contributed by atoms with Gasteiger partial charge in [0.15, 0.2) is 17.5 Å². The lowest BCUT2D eigenvalue weighted by atomic mass is 9.90. The van der Waals surface area contributed by atoms with Gasteiger partial charge in [0.1, 0.15) is 0 Å². The van der Waals surface area contributed by atoms with Crippen molar-refractivity contribution in [1.29, 1.82) is 0 Å². The molecule has 5 rings (SSSR count). The van der Waals surface area contributed by atoms with Gasteiger partial charge in [-0.1, -0.05) is 24.3 Å². The largest absolute Gasteiger partial charge is 0.454 e. The Bertz CT molecular complexity index is 1020. The summed E-state index contributed by atoms with van der Waals surface area (Å²) in [5.41, 5.74) is 3.41. The van der Waals surface area contributed by atoms with Crippen molar-refractivity contribution in [2.24, 2.45) is 4.99 Å². The molecular weight excluding hydrogens is 392 g/mol. The molecule has 7 heteroatoms. The SMILES string of the molecule is CCNC(=NCC1(c2ccc3c(c2)OCO3)CC1)NCC1CC(=O)Nc2ccccc21. The zero-order valence-electron chi connectivity index (χ0n) is 17.7. The van der Waals surface area contributed by atoms with Gasteiger partial charge in [0, 0.05) is 36.5 Å². The number of hydrogen-bond acceptors (Lipinski definition) is 4. The molecule has 162 valence electrons. The van der Waals surface area contributed by atoms with Gasteiger partial charge in [-0.05, 0) is 49.1 Å². The second-order valence-electron chi connectivity index (χ2n) is 8.46. The number of guanidine groups is 1. The minimum absolute atomic E-state index is 0.0622. The van der Waals surface area contributed by atoms with Crippen LogP contribution in [0.1, 0.15) is 43.2 Å². The highest BCUT2D eigenvalue weighted by Gasteiger charge is 2.44. The molecule has 7 nitrogen and oxygen atoms in total. The number of benzene rings is 2. The molecule has 1 atom stereocenters. The van der Waals surface area contributed by atoms with Gasteiger partial charge in [0.25, 0.3) is 0 Å². The molecule has 2 aromatic rings. The van der Waals surface area contributed by atoms with E-state index in [1.54, 1.807) is 0 Å². The van der Waals surface area contributed by atoms with Crippen LogP contribution in [0, 0.1) is 0 Å². The van der Waals surface area contributed by atoms with Crippen LogP contribution in [-0.4, -0.2) is 38.3 Å². The maximum atomic E-state index is 12.1. The minimum Gasteiger partial charge on any atom is -0.454 e. The van der Waals surface area contributed by atoms with Gasteiger partial charge in [-0.2, -0.15) is 0 Å². The van der Waals surface area contributed by atoms with E-state index in [9.17, 15) is 4.79 Å². The first-order chi connectivity index (χ1) is 15.2. The summed E-state index contributed by atoms with van der Waals surface area (Å²) in [5, 5.41) is 9.76. The number of anilines is 1. The molecule has 2 heterocycles. The number of ether oxygens (including phenoxy) is 2. The highest BCUT2D eigenvalue weighted by atomic mass is 16.7. The molecule has 3 N–H and O–H groups in total. The summed E-state index contributed by atoms with van der Waals surface area (Å²) < 4.78 is 11.0. The molecular formula is C24H28N4O3. The van der Waals surface area contributed by atoms with Crippen LogP contribution in [0.15, 0.2) is 47.5 Å². The van der Waals surface area contributed by atoms with E-state index in [-0.39, 0.29) is 17.2 Å². The molecule has 0 aromatic heterocycles. The molecule has 0 bridgehead atoms. The molecule has 3 aliphatic rings. The smallest absolute Gasteiger partial charge is 0.231 e. The molecule has 2 aliphatic heterocycles. The maximum absolute atomic E-state index is 12.1. The molecule has 1 fully saturated rings. The molecule has 0 saturated heterocycles. The van der Waals surface area contributed by atoms with Crippen molar-refractivity contribution in [3.05, 3.63) is 53.6 Å². The molecule has 1 amide bonds. The second kappa shape index (κ2) is 8.13. The van der Waals surface area contributed by atoms with Crippen LogP contribution < -0.4 is 25.4 Å². The summed E-state index contributed by atoms with van der Waals surface area (Å²) in [6, 6.07) is 14.2. The third kappa shape index (κ3) is 4.04. The van der Waals surface area contributed by atoms with Crippen LogP contribution in [0.5, 0.6) is 11.5 Å². The predicted octanol–water partition coefficient (Wildman–Crippen LogP) is 3.13. The zero-order valence-corrected chi connectivity index (χ0v) is 17.7. The normalized spacial score (nSPS) is 20.6. The van der Waals surface area contributed by atoms with Gasteiger partial charge in [0.2, 0.25) is 12.7 Å². The van der Waals surface area contributed by atoms with Crippen LogP contribution in [0.2, 0.25) is 0 Å². The van der Waals surface area contributed by atoms with Crippen LogP contribution in [-0.2, 0) is 10.2 Å². The molecule has 31 heavy (non-hydrogen) atoms. The number of para-hydroxylation sites is 1. The minimum atomic E-state index is 0.0622. The highest BCUT2D eigenvalue weighted by Crippen LogP contribution is 2.50. The third-order valence-electron chi connectivity index (χ3n) is 6.34. The summed E-state index contributed by atoms with van der Waals surface area (Å²) in [4.78, 5) is 17.0. The first-order valence-electron chi connectivity index (χ1n) is 11.0. The van der Waals surface area contributed by atoms with Gasteiger partial charge in [-0.25, -0.2) is 0 Å². The van der Waals surface area contributed by atoms with Crippen LogP contribution in [0.4, 0.5) is 5.69 Å². The fraction of sp³-hybridized carbons (Fsp3) is 0.417. The molecule has 1 aliphatic carbocycles. The summed E-state index contributed by atoms with van der Waals surface area (Å²) in [6.07, 6.45) is 2.71. The van der Waals surface area contributed by atoms with Crippen molar-refractivity contribution in [2.45, 2.75) is 37.5 Å². The second-order valence-corrected chi connectivity index (χ2v) is 8.46. The number of nitrogens with one attached hydrogen (secondary N) is 3. The number of carbonyl (C=O) groups excluding carboxylic acids is 1. The first-order valence-corrected chi connectivity index (χ1v) is 11.0. The summed E-state index contributed by atoms with van der Waals surface area (Å²) in [7, 11) is 0. The fourth-order valence-electron chi connectivity index (χ4n) is 4.39. The van der Waals surface area contributed by atoms with Crippen molar-refractivity contribution >= 4 is 17.6 Å². The lowest BCUT2D eigenvalue weighted by Gasteiger charge is -2.26. The van der Waals surface area contributed by atoms with E-state index in [4.69, 9.17) is 14.5 Å². The number of nitrogens with zero attached hydrogens (tertiary/aromatic N) is 1. The molecule has 1 unspecified atom stereocenters. The molecule has 1 saturated carbocycles. The number of rotatable bonds is 6. The topological polar surface area (TPSA) is 84.0 Å². The molecule has 0 spiro atoms. The Hall–Kier alpha value is -3.22. The van der Waals surface area contributed by atoms with Gasteiger partial charge < -0.3 is 25.4 Å². The van der Waals surface area contributed by atoms with Gasteiger partial charge in [0.05, 0.1) is 6.54 Å². The van der Waals surface area contributed by atoms with Crippen LogP contribution in [0.25, 0.3) is 0 Å². The molecule has 0 radical (unpaired) electrons. The van der Waals surface area contributed by atoms with Crippen molar-refractivity contribution in [2.75, 3.05) is 31.7 Å². The standard InChI is InChI=1S/C24H28N4O3/c1-2-25-23(26-13-16-11-22(29)28-19-6-4-3-5-18(16)19)27-14-24(9-10-24)17-7-8-20-21(12-17)31-15-30-20/h3-8,12,16H,2,9-11,13-15H2,1H3,(H,28,29)(H2,25,26,27).